The highest BCUT2D eigenvalue weighted by Crippen LogP contribution is 2.28. The maximum Gasteiger partial charge on any atom is 0.354 e. The van der Waals surface area contributed by atoms with Crippen molar-refractivity contribution in [3.05, 3.63) is 63.7 Å². The van der Waals surface area contributed by atoms with Gasteiger partial charge in [-0.3, -0.25) is 4.98 Å². The van der Waals surface area contributed by atoms with Gasteiger partial charge in [0.25, 0.3) is 0 Å². The van der Waals surface area contributed by atoms with Crippen molar-refractivity contribution in [2.45, 2.75) is 18.4 Å². The topological polar surface area (TPSA) is 68.0 Å². The van der Waals surface area contributed by atoms with Gasteiger partial charge < -0.3 is 9.67 Å². The summed E-state index contributed by atoms with van der Waals surface area (Å²) in [7, 11) is 0. The van der Waals surface area contributed by atoms with Gasteiger partial charge in [0.1, 0.15) is 5.82 Å². The fraction of sp³-hybridized carbons (Fsp3) is 0.167. The number of pyridine rings is 1. The number of benzene rings is 1. The van der Waals surface area contributed by atoms with Gasteiger partial charge in [-0.1, -0.05) is 23.2 Å². The van der Waals surface area contributed by atoms with Crippen molar-refractivity contribution >= 4 is 40.9 Å². The van der Waals surface area contributed by atoms with E-state index in [0.717, 1.165) is 10.5 Å². The molecule has 0 atom stereocenters. The van der Waals surface area contributed by atoms with E-state index in [1.807, 2.05) is 12.3 Å². The van der Waals surface area contributed by atoms with E-state index >= 15 is 0 Å². The molecule has 2 heterocycles. The number of hydrogen-bond donors (Lipinski definition) is 1. The van der Waals surface area contributed by atoms with Crippen molar-refractivity contribution in [3.8, 4) is 11.4 Å². The van der Waals surface area contributed by atoms with Crippen LogP contribution >= 0.6 is 35.0 Å². The molecule has 0 fully saturated rings. The Labute approximate surface area is 165 Å². The van der Waals surface area contributed by atoms with E-state index in [9.17, 15) is 9.90 Å². The molecule has 0 radical (unpaired) electrons. The second-order valence-electron chi connectivity index (χ2n) is 5.61. The van der Waals surface area contributed by atoms with Gasteiger partial charge >= 0.3 is 5.97 Å². The lowest BCUT2D eigenvalue weighted by atomic mass is 10.2. The zero-order valence-electron chi connectivity index (χ0n) is 14.0. The van der Waals surface area contributed by atoms with Gasteiger partial charge in [0.05, 0.1) is 12.2 Å². The first-order chi connectivity index (χ1) is 12.4. The molecule has 0 saturated heterocycles. The van der Waals surface area contributed by atoms with Gasteiger partial charge in [-0.25, -0.2) is 9.78 Å². The lowest BCUT2D eigenvalue weighted by Gasteiger charge is -2.12. The number of carbonyl (C=O) groups is 1. The zero-order valence-corrected chi connectivity index (χ0v) is 16.4. The van der Waals surface area contributed by atoms with E-state index in [4.69, 9.17) is 23.2 Å². The molecular weight excluding hydrogens is 393 g/mol. The van der Waals surface area contributed by atoms with Crippen molar-refractivity contribution in [2.75, 3.05) is 6.26 Å². The van der Waals surface area contributed by atoms with Crippen LogP contribution < -0.4 is 0 Å². The average Bonchev–Trinajstić information content (AvgIpc) is 2.94. The number of aromatic nitrogens is 3. The highest BCUT2D eigenvalue weighted by atomic mass is 35.5. The molecule has 3 aromatic rings. The minimum Gasteiger partial charge on any atom is -0.477 e. The molecule has 3 rings (SSSR count). The minimum absolute atomic E-state index is 0.116. The average molecular weight is 408 g/mol. The van der Waals surface area contributed by atoms with Gasteiger partial charge in [-0.05, 0) is 43.0 Å². The van der Waals surface area contributed by atoms with Crippen molar-refractivity contribution < 1.29 is 9.90 Å². The molecule has 26 heavy (non-hydrogen) atoms. The van der Waals surface area contributed by atoms with Crippen LogP contribution in [0.3, 0.4) is 0 Å². The summed E-state index contributed by atoms with van der Waals surface area (Å²) in [4.78, 5) is 21.5. The lowest BCUT2D eigenvalue weighted by Crippen LogP contribution is -2.12. The molecule has 0 bridgehead atoms. The quantitative estimate of drug-likeness (QED) is 0.600. The van der Waals surface area contributed by atoms with Crippen LogP contribution in [0.15, 0.2) is 41.6 Å². The number of aryl methyl sites for hydroxylation is 1. The summed E-state index contributed by atoms with van der Waals surface area (Å²) in [5.74, 6) is -0.521. The molecule has 0 aliphatic carbocycles. The number of aromatic carboxylic acids is 1. The largest absolute Gasteiger partial charge is 0.477 e. The number of rotatable bonds is 5. The van der Waals surface area contributed by atoms with Gasteiger partial charge in [0.2, 0.25) is 0 Å². The molecule has 0 aliphatic heterocycles. The summed E-state index contributed by atoms with van der Waals surface area (Å²) in [6.45, 7) is 1.91. The second kappa shape index (κ2) is 7.70. The third-order valence-electron chi connectivity index (χ3n) is 3.89. The lowest BCUT2D eigenvalue weighted by molar-refractivity contribution is 0.0685. The molecule has 0 aliphatic rings. The third kappa shape index (κ3) is 3.72. The molecular formula is C18H15Cl2N3O2S. The summed E-state index contributed by atoms with van der Waals surface area (Å²) in [5.41, 5.74) is 2.01. The summed E-state index contributed by atoms with van der Waals surface area (Å²) >= 11 is 13.9. The molecule has 5 nitrogen and oxygen atoms in total. The maximum absolute atomic E-state index is 11.8. The van der Waals surface area contributed by atoms with Gasteiger partial charge in [-0.2, -0.15) is 0 Å². The van der Waals surface area contributed by atoms with Crippen LogP contribution in [0.25, 0.3) is 11.4 Å². The first-order valence-corrected chi connectivity index (χ1v) is 9.62. The monoisotopic (exact) mass is 407 g/mol. The highest BCUT2D eigenvalue weighted by molar-refractivity contribution is 7.98. The van der Waals surface area contributed by atoms with Crippen LogP contribution in [0.1, 0.15) is 21.7 Å². The molecule has 0 unspecified atom stereocenters. The Morgan fingerprint density at radius 1 is 1.27 bits per heavy atom. The van der Waals surface area contributed by atoms with Crippen LogP contribution in [0, 0.1) is 6.92 Å². The minimum atomic E-state index is -1.05. The van der Waals surface area contributed by atoms with E-state index in [1.165, 1.54) is 0 Å². The maximum atomic E-state index is 11.8. The molecule has 1 N–H and O–H groups in total. The predicted molar refractivity (Wildman–Crippen MR) is 104 cm³/mol. The van der Waals surface area contributed by atoms with E-state index in [2.05, 4.69) is 9.97 Å². The fourth-order valence-electron chi connectivity index (χ4n) is 2.71. The Kier molecular flexibility index (Phi) is 5.55. The van der Waals surface area contributed by atoms with Crippen LogP contribution in [-0.4, -0.2) is 31.9 Å². The van der Waals surface area contributed by atoms with Crippen LogP contribution in [-0.2, 0) is 6.54 Å². The number of imidazole rings is 1. The van der Waals surface area contributed by atoms with Crippen molar-refractivity contribution in [1.82, 2.24) is 14.5 Å². The Bertz CT molecular complexity index is 989. The fourth-order valence-corrected chi connectivity index (χ4v) is 3.49. The summed E-state index contributed by atoms with van der Waals surface area (Å²) in [5, 5.41) is 10.7. The molecule has 0 saturated carbocycles. The summed E-state index contributed by atoms with van der Waals surface area (Å²) < 4.78 is 1.64. The SMILES string of the molecule is CSc1cncc(-c2nc(C)c(C(=O)O)n2Cc2cc(Cl)ccc2Cl)c1. The second-order valence-corrected chi connectivity index (χ2v) is 7.33. The summed E-state index contributed by atoms with van der Waals surface area (Å²) in [6.07, 6.45) is 5.37. The first-order valence-electron chi connectivity index (χ1n) is 7.64. The Morgan fingerprint density at radius 2 is 2.04 bits per heavy atom. The molecule has 1 aromatic carbocycles. The van der Waals surface area contributed by atoms with Gasteiger partial charge in [0, 0.05) is 32.9 Å². The predicted octanol–water partition coefficient (Wildman–Crippen LogP) is 5.03. The van der Waals surface area contributed by atoms with E-state index in [1.54, 1.807) is 53.8 Å². The van der Waals surface area contributed by atoms with Crippen molar-refractivity contribution in [1.29, 1.82) is 0 Å². The smallest absolute Gasteiger partial charge is 0.354 e. The van der Waals surface area contributed by atoms with Crippen LogP contribution in [0.4, 0.5) is 0 Å². The number of carboxylic acids is 1. The number of thioether (sulfide) groups is 1. The number of carboxylic acid groups (broad SMARTS) is 1. The molecule has 0 spiro atoms. The van der Waals surface area contributed by atoms with Gasteiger partial charge in [-0.15, -0.1) is 11.8 Å². The Morgan fingerprint density at radius 3 is 2.73 bits per heavy atom. The zero-order chi connectivity index (χ0) is 18.8. The molecule has 0 amide bonds. The van der Waals surface area contributed by atoms with Gasteiger partial charge in [0.15, 0.2) is 5.69 Å². The Balaban J connectivity index is 2.18. The van der Waals surface area contributed by atoms with E-state index in [0.29, 0.717) is 27.1 Å². The van der Waals surface area contributed by atoms with E-state index in [-0.39, 0.29) is 12.2 Å². The molecule has 2 aromatic heterocycles. The normalized spacial score (nSPS) is 10.9. The van der Waals surface area contributed by atoms with Crippen LogP contribution in [0.2, 0.25) is 10.0 Å². The van der Waals surface area contributed by atoms with Crippen molar-refractivity contribution in [3.63, 3.8) is 0 Å². The number of hydrogen-bond acceptors (Lipinski definition) is 4. The Hall–Kier alpha value is -2.02. The highest BCUT2D eigenvalue weighted by Gasteiger charge is 2.22. The number of nitrogens with zero attached hydrogens (tertiary/aromatic N) is 3. The van der Waals surface area contributed by atoms with E-state index < -0.39 is 5.97 Å². The van der Waals surface area contributed by atoms with Crippen molar-refractivity contribution in [2.24, 2.45) is 0 Å². The third-order valence-corrected chi connectivity index (χ3v) is 5.19. The first kappa shape index (κ1) is 18.8. The molecule has 8 heteroatoms. The van der Waals surface area contributed by atoms with Crippen LogP contribution in [0.5, 0.6) is 0 Å². The molecule has 134 valence electrons. The summed E-state index contributed by atoms with van der Waals surface area (Å²) in [6, 6.07) is 7.04. The standard InChI is InChI=1S/C18H15Cl2N3O2S/c1-10-16(18(24)25)23(9-12-5-13(19)3-4-15(12)20)17(22-10)11-6-14(26-2)8-21-7-11/h3-8H,9H2,1-2H3,(H,24,25). The number of halogens is 2.